The second-order valence-corrected chi connectivity index (χ2v) is 3.73. The van der Waals surface area contributed by atoms with Gasteiger partial charge >= 0.3 is 5.97 Å². The summed E-state index contributed by atoms with van der Waals surface area (Å²) in [6.07, 6.45) is -0.788. The van der Waals surface area contributed by atoms with Crippen molar-refractivity contribution in [1.82, 2.24) is 0 Å². The van der Waals surface area contributed by atoms with Crippen LogP contribution in [0.2, 0.25) is 0 Å². The highest BCUT2D eigenvalue weighted by Gasteiger charge is 2.18. The van der Waals surface area contributed by atoms with Crippen LogP contribution in [-0.2, 0) is 9.53 Å². The van der Waals surface area contributed by atoms with Gasteiger partial charge in [0, 0.05) is 0 Å². The van der Waals surface area contributed by atoms with E-state index in [-0.39, 0.29) is 0 Å². The maximum Gasteiger partial charge on any atom is 0.313 e. The van der Waals surface area contributed by atoms with E-state index < -0.39 is 36.3 Å². The first kappa shape index (κ1) is 13.0. The molecule has 0 saturated carbocycles. The van der Waals surface area contributed by atoms with E-state index in [1.807, 2.05) is 0 Å². The summed E-state index contributed by atoms with van der Waals surface area (Å²) >= 11 is 0. The fourth-order valence-electron chi connectivity index (χ4n) is 0.686. The number of ether oxygens (including phenoxy) is 1. The molecule has 0 fully saturated rings. The van der Waals surface area contributed by atoms with Gasteiger partial charge < -0.3 is 9.84 Å². The Morgan fingerprint density at radius 1 is 1.29 bits per heavy atom. The second-order valence-electron chi connectivity index (χ2n) is 3.73. The zero-order valence-electron chi connectivity index (χ0n) is 8.43. The lowest BCUT2D eigenvalue weighted by Crippen LogP contribution is -2.23. The summed E-state index contributed by atoms with van der Waals surface area (Å²) in [5, 5.41) is 8.23. The first-order valence-electron chi connectivity index (χ1n) is 4.12. The van der Waals surface area contributed by atoms with Gasteiger partial charge in [0.05, 0.1) is 6.61 Å². The number of rotatable bonds is 3. The third-order valence-corrected chi connectivity index (χ3v) is 1.15. The summed E-state index contributed by atoms with van der Waals surface area (Å²) in [5.74, 6) is -3.49. The summed E-state index contributed by atoms with van der Waals surface area (Å²) in [7, 11) is 0. The van der Waals surface area contributed by atoms with Crippen molar-refractivity contribution in [3.63, 3.8) is 0 Å². The van der Waals surface area contributed by atoms with Gasteiger partial charge in [-0.3, -0.25) is 4.79 Å². The summed E-state index contributed by atoms with van der Waals surface area (Å²) in [6, 6.07) is 0. The Kier molecular flexibility index (Phi) is 4.70. The molecule has 5 heteroatoms. The lowest BCUT2D eigenvalue weighted by atomic mass is 10.2. The van der Waals surface area contributed by atoms with Gasteiger partial charge in [0.25, 0.3) is 0 Å². The first-order chi connectivity index (χ1) is 6.26. The molecule has 14 heavy (non-hydrogen) atoms. The van der Waals surface area contributed by atoms with Crippen LogP contribution in [0.5, 0.6) is 0 Å². The third-order valence-electron chi connectivity index (χ3n) is 1.15. The minimum Gasteiger partial charge on any atom is -0.460 e. The molecule has 3 nitrogen and oxygen atoms in total. The van der Waals surface area contributed by atoms with Crippen molar-refractivity contribution < 1.29 is 23.4 Å². The average molecular weight is 208 g/mol. The van der Waals surface area contributed by atoms with Gasteiger partial charge in [0.15, 0.2) is 5.83 Å². The molecule has 0 aromatic carbocycles. The van der Waals surface area contributed by atoms with Crippen LogP contribution in [0.25, 0.3) is 0 Å². The molecule has 0 radical (unpaired) electrons. The maximum absolute atomic E-state index is 12.7. The van der Waals surface area contributed by atoms with Crippen molar-refractivity contribution in [2.24, 2.45) is 0 Å². The van der Waals surface area contributed by atoms with Gasteiger partial charge in [0.2, 0.25) is 0 Å². The summed E-state index contributed by atoms with van der Waals surface area (Å²) in [6.45, 7) is 3.81. The molecule has 0 saturated heterocycles. The Labute approximate surface area is 81.4 Å². The monoisotopic (exact) mass is 208 g/mol. The Morgan fingerprint density at radius 3 is 2.14 bits per heavy atom. The molecule has 0 heterocycles. The van der Waals surface area contributed by atoms with Gasteiger partial charge in [0.1, 0.15) is 17.8 Å². The Balaban J connectivity index is 4.21. The maximum atomic E-state index is 12.7. The number of aliphatic hydroxyl groups excluding tert-OH is 1. The third kappa shape index (κ3) is 5.64. The molecule has 0 aromatic heterocycles. The van der Waals surface area contributed by atoms with Crippen LogP contribution in [0.15, 0.2) is 11.7 Å². The summed E-state index contributed by atoms with van der Waals surface area (Å²) in [4.78, 5) is 10.9. The highest BCUT2D eigenvalue weighted by Crippen LogP contribution is 2.15. The SMILES string of the molecule is CC(C)(C)OC(=O)C/C(F)=C(\F)CO. The van der Waals surface area contributed by atoms with E-state index in [4.69, 9.17) is 9.84 Å². The molecule has 1 N–H and O–H groups in total. The Morgan fingerprint density at radius 2 is 1.79 bits per heavy atom. The molecule has 0 spiro atoms. The number of hydrogen-bond donors (Lipinski definition) is 1. The molecule has 0 amide bonds. The number of halogens is 2. The smallest absolute Gasteiger partial charge is 0.313 e. The van der Waals surface area contributed by atoms with E-state index >= 15 is 0 Å². The van der Waals surface area contributed by atoms with E-state index in [1.54, 1.807) is 20.8 Å². The number of hydrogen-bond acceptors (Lipinski definition) is 3. The topological polar surface area (TPSA) is 46.5 Å². The molecule has 0 unspecified atom stereocenters. The molecular weight excluding hydrogens is 194 g/mol. The Hall–Kier alpha value is -0.970. The average Bonchev–Trinajstić information content (AvgIpc) is 1.99. The summed E-state index contributed by atoms with van der Waals surface area (Å²) in [5.41, 5.74) is -0.729. The van der Waals surface area contributed by atoms with Crippen LogP contribution in [0, 0.1) is 0 Å². The highest BCUT2D eigenvalue weighted by atomic mass is 19.2. The molecule has 0 aliphatic heterocycles. The fraction of sp³-hybridized carbons (Fsp3) is 0.667. The van der Waals surface area contributed by atoms with Crippen LogP contribution in [0.1, 0.15) is 27.2 Å². The molecule has 82 valence electrons. The van der Waals surface area contributed by atoms with Crippen molar-refractivity contribution >= 4 is 5.97 Å². The van der Waals surface area contributed by atoms with Crippen molar-refractivity contribution in [3.8, 4) is 0 Å². The van der Waals surface area contributed by atoms with Crippen molar-refractivity contribution in [1.29, 1.82) is 0 Å². The van der Waals surface area contributed by atoms with Crippen molar-refractivity contribution in [2.45, 2.75) is 32.8 Å². The van der Waals surface area contributed by atoms with Crippen molar-refractivity contribution in [3.05, 3.63) is 11.7 Å². The fourth-order valence-corrected chi connectivity index (χ4v) is 0.686. The van der Waals surface area contributed by atoms with E-state index in [1.165, 1.54) is 0 Å². The molecule has 0 atom stereocenters. The molecule has 0 bridgehead atoms. The van der Waals surface area contributed by atoms with Gasteiger partial charge in [-0.2, -0.15) is 0 Å². The molecule has 0 aliphatic rings. The van der Waals surface area contributed by atoms with E-state index in [2.05, 4.69) is 0 Å². The lowest BCUT2D eigenvalue weighted by Gasteiger charge is -2.19. The largest absolute Gasteiger partial charge is 0.460 e. The minimum atomic E-state index is -1.34. The minimum absolute atomic E-state index is 0.729. The quantitative estimate of drug-likeness (QED) is 0.720. The summed E-state index contributed by atoms with van der Waals surface area (Å²) < 4.78 is 29.8. The lowest BCUT2D eigenvalue weighted by molar-refractivity contribution is -0.154. The van der Waals surface area contributed by atoms with E-state index in [9.17, 15) is 13.6 Å². The number of aliphatic hydroxyl groups is 1. The van der Waals surface area contributed by atoms with Crippen LogP contribution < -0.4 is 0 Å². The van der Waals surface area contributed by atoms with Gasteiger partial charge in [-0.05, 0) is 20.8 Å². The molecule has 0 aliphatic carbocycles. The predicted octanol–water partition coefficient (Wildman–Crippen LogP) is 1.86. The van der Waals surface area contributed by atoms with E-state index in [0.29, 0.717) is 0 Å². The molecular formula is C9H14F2O3. The van der Waals surface area contributed by atoms with Gasteiger partial charge in [-0.15, -0.1) is 0 Å². The molecule has 0 rings (SSSR count). The zero-order chi connectivity index (χ0) is 11.4. The highest BCUT2D eigenvalue weighted by molar-refractivity contribution is 5.72. The zero-order valence-corrected chi connectivity index (χ0v) is 8.43. The van der Waals surface area contributed by atoms with Crippen LogP contribution in [-0.4, -0.2) is 23.3 Å². The van der Waals surface area contributed by atoms with Gasteiger partial charge in [-0.1, -0.05) is 0 Å². The standard InChI is InChI=1S/C9H14F2O3/c1-9(2,3)14-8(13)4-6(10)7(11)5-12/h12H,4-5H2,1-3H3/b7-6+. The van der Waals surface area contributed by atoms with Crippen molar-refractivity contribution in [2.75, 3.05) is 6.61 Å². The normalized spacial score (nSPS) is 13.6. The second kappa shape index (κ2) is 5.05. The first-order valence-corrected chi connectivity index (χ1v) is 4.12. The predicted molar refractivity (Wildman–Crippen MR) is 46.8 cm³/mol. The van der Waals surface area contributed by atoms with Gasteiger partial charge in [-0.25, -0.2) is 8.78 Å². The van der Waals surface area contributed by atoms with Crippen LogP contribution in [0.4, 0.5) is 8.78 Å². The number of carbonyl (C=O) groups excluding carboxylic acids is 1. The Bertz CT molecular complexity index is 241. The van der Waals surface area contributed by atoms with Crippen LogP contribution >= 0.6 is 0 Å². The van der Waals surface area contributed by atoms with Crippen LogP contribution in [0.3, 0.4) is 0 Å². The number of esters is 1. The molecule has 0 aromatic rings. The number of carbonyl (C=O) groups is 1. The van der Waals surface area contributed by atoms with E-state index in [0.717, 1.165) is 0 Å².